The van der Waals surface area contributed by atoms with Crippen molar-refractivity contribution in [3.63, 3.8) is 0 Å². The van der Waals surface area contributed by atoms with Crippen LogP contribution in [0.1, 0.15) is 17.0 Å². The van der Waals surface area contributed by atoms with Gasteiger partial charge in [0.15, 0.2) is 0 Å². The molecule has 0 atom stereocenters. The molecule has 0 amide bonds. The summed E-state index contributed by atoms with van der Waals surface area (Å²) in [7, 11) is 1.83. The highest BCUT2D eigenvalue weighted by molar-refractivity contribution is 5.33. The van der Waals surface area contributed by atoms with Crippen LogP contribution in [0, 0.1) is 18.3 Å². The first-order valence-corrected chi connectivity index (χ1v) is 3.63. The number of nitriles is 1. The Morgan fingerprint density at radius 3 is 2.83 bits per heavy atom. The molecule has 0 spiro atoms. The smallest absolute Gasteiger partial charge is 0.120 e. The number of aromatic nitrogens is 1. The normalized spacial score (nSPS) is 9.83. The number of hydrogen-bond acceptors (Lipinski definition) is 3. The minimum absolute atomic E-state index is 0.376. The second kappa shape index (κ2) is 3.39. The number of hydroxylamine groups is 1. The van der Waals surface area contributed by atoms with Gasteiger partial charge in [-0.1, -0.05) is 0 Å². The summed E-state index contributed by atoms with van der Waals surface area (Å²) in [5, 5.41) is 17.1. The Bertz CT molecular complexity index is 322. The molecule has 0 aromatic carbocycles. The van der Waals surface area contributed by atoms with Crippen LogP contribution < -0.4 is 5.48 Å². The molecule has 0 aliphatic carbocycles. The van der Waals surface area contributed by atoms with E-state index >= 15 is 0 Å². The molecule has 1 rings (SSSR count). The highest BCUT2D eigenvalue weighted by atomic mass is 16.5. The molecule has 4 heteroatoms. The lowest BCUT2D eigenvalue weighted by Gasteiger charge is -1.99. The van der Waals surface area contributed by atoms with Gasteiger partial charge in [-0.25, -0.2) is 5.48 Å². The van der Waals surface area contributed by atoms with Crippen molar-refractivity contribution in [2.75, 3.05) is 0 Å². The van der Waals surface area contributed by atoms with Crippen molar-refractivity contribution in [1.29, 1.82) is 5.26 Å². The molecule has 1 aromatic rings. The maximum Gasteiger partial charge on any atom is 0.120 e. The van der Waals surface area contributed by atoms with Crippen LogP contribution in [0.15, 0.2) is 6.07 Å². The van der Waals surface area contributed by atoms with E-state index in [-0.39, 0.29) is 0 Å². The minimum Gasteiger partial charge on any atom is -0.340 e. The molecule has 0 fully saturated rings. The zero-order valence-corrected chi connectivity index (χ0v) is 7.13. The standard InChI is InChI=1S/C8H11N3O/c1-6-7(5-10-12)3-8(4-9)11(6)2/h3,10,12H,5H2,1-2H3. The molecule has 4 nitrogen and oxygen atoms in total. The number of nitrogens with one attached hydrogen (secondary N) is 1. The second-order valence-corrected chi connectivity index (χ2v) is 2.65. The van der Waals surface area contributed by atoms with E-state index in [0.29, 0.717) is 12.2 Å². The van der Waals surface area contributed by atoms with E-state index in [0.717, 1.165) is 11.3 Å². The molecule has 0 aliphatic heterocycles. The number of hydrogen-bond donors (Lipinski definition) is 2. The average molecular weight is 165 g/mol. The van der Waals surface area contributed by atoms with Crippen molar-refractivity contribution >= 4 is 0 Å². The van der Waals surface area contributed by atoms with Gasteiger partial charge in [-0.3, -0.25) is 0 Å². The summed E-state index contributed by atoms with van der Waals surface area (Å²) in [6, 6.07) is 3.83. The Balaban J connectivity index is 3.09. The van der Waals surface area contributed by atoms with Gasteiger partial charge in [0, 0.05) is 19.3 Å². The van der Waals surface area contributed by atoms with Gasteiger partial charge in [0.1, 0.15) is 11.8 Å². The molecule has 0 saturated heterocycles. The highest BCUT2D eigenvalue weighted by Gasteiger charge is 2.06. The van der Waals surface area contributed by atoms with Crippen molar-refractivity contribution in [2.45, 2.75) is 13.5 Å². The van der Waals surface area contributed by atoms with Gasteiger partial charge in [0.2, 0.25) is 0 Å². The third-order valence-electron chi connectivity index (χ3n) is 2.02. The summed E-state index contributed by atoms with van der Waals surface area (Å²) < 4.78 is 1.80. The second-order valence-electron chi connectivity index (χ2n) is 2.65. The molecule has 0 radical (unpaired) electrons. The lowest BCUT2D eigenvalue weighted by Crippen LogP contribution is -2.06. The molecular weight excluding hydrogens is 154 g/mol. The van der Waals surface area contributed by atoms with Crippen LogP contribution >= 0.6 is 0 Å². The fraction of sp³-hybridized carbons (Fsp3) is 0.375. The lowest BCUT2D eigenvalue weighted by molar-refractivity contribution is 0.161. The quantitative estimate of drug-likeness (QED) is 0.633. The number of rotatable bonds is 2. The number of nitrogens with zero attached hydrogens (tertiary/aromatic N) is 2. The molecule has 12 heavy (non-hydrogen) atoms. The molecule has 0 bridgehead atoms. The van der Waals surface area contributed by atoms with E-state index in [1.165, 1.54) is 0 Å². The van der Waals surface area contributed by atoms with E-state index in [1.807, 2.05) is 14.0 Å². The molecule has 0 unspecified atom stereocenters. The summed E-state index contributed by atoms with van der Waals surface area (Å²) in [5.41, 5.74) is 4.61. The SMILES string of the molecule is Cc1c(CNO)cc(C#N)n1C. The summed E-state index contributed by atoms with van der Waals surface area (Å²) in [6.45, 7) is 2.29. The largest absolute Gasteiger partial charge is 0.340 e. The molecule has 0 aliphatic rings. The Morgan fingerprint density at radius 2 is 2.42 bits per heavy atom. The summed E-state index contributed by atoms with van der Waals surface area (Å²) in [5.74, 6) is 0. The van der Waals surface area contributed by atoms with Crippen LogP contribution in [0.3, 0.4) is 0 Å². The zero-order chi connectivity index (χ0) is 9.14. The van der Waals surface area contributed by atoms with Gasteiger partial charge < -0.3 is 9.77 Å². The third kappa shape index (κ3) is 1.33. The Labute approximate surface area is 71.0 Å². The molecule has 0 saturated carbocycles. The van der Waals surface area contributed by atoms with Gasteiger partial charge in [-0.15, -0.1) is 0 Å². The van der Waals surface area contributed by atoms with Crippen LogP contribution in [0.4, 0.5) is 0 Å². The van der Waals surface area contributed by atoms with E-state index < -0.39 is 0 Å². The van der Waals surface area contributed by atoms with Gasteiger partial charge in [-0.05, 0) is 18.6 Å². The van der Waals surface area contributed by atoms with Crippen LogP contribution in [0.25, 0.3) is 0 Å². The van der Waals surface area contributed by atoms with Crippen molar-refractivity contribution in [2.24, 2.45) is 7.05 Å². The van der Waals surface area contributed by atoms with Crippen molar-refractivity contribution in [1.82, 2.24) is 10.0 Å². The van der Waals surface area contributed by atoms with Crippen molar-refractivity contribution in [3.8, 4) is 6.07 Å². The highest BCUT2D eigenvalue weighted by Crippen LogP contribution is 2.12. The van der Waals surface area contributed by atoms with Gasteiger partial charge in [0.05, 0.1) is 0 Å². The maximum absolute atomic E-state index is 8.67. The fourth-order valence-electron chi connectivity index (χ4n) is 1.13. The topological polar surface area (TPSA) is 61.0 Å². The predicted octanol–water partition coefficient (Wildman–Crippen LogP) is 0.684. The lowest BCUT2D eigenvalue weighted by atomic mass is 10.2. The Hall–Kier alpha value is -1.31. The summed E-state index contributed by atoms with van der Waals surface area (Å²) in [4.78, 5) is 0. The van der Waals surface area contributed by atoms with Crippen molar-refractivity contribution in [3.05, 3.63) is 23.0 Å². The predicted molar refractivity (Wildman–Crippen MR) is 43.5 cm³/mol. The van der Waals surface area contributed by atoms with Crippen LogP contribution in [0.2, 0.25) is 0 Å². The maximum atomic E-state index is 8.67. The first kappa shape index (κ1) is 8.78. The van der Waals surface area contributed by atoms with Crippen LogP contribution in [-0.4, -0.2) is 9.77 Å². The Kier molecular flexibility index (Phi) is 2.48. The van der Waals surface area contributed by atoms with Gasteiger partial charge in [-0.2, -0.15) is 5.26 Å². The fourth-order valence-corrected chi connectivity index (χ4v) is 1.13. The Morgan fingerprint density at radius 1 is 1.75 bits per heavy atom. The van der Waals surface area contributed by atoms with E-state index in [9.17, 15) is 0 Å². The molecule has 64 valence electrons. The van der Waals surface area contributed by atoms with Crippen molar-refractivity contribution < 1.29 is 5.21 Å². The molecular formula is C8H11N3O. The molecule has 1 aromatic heterocycles. The average Bonchev–Trinajstić information content (AvgIpc) is 2.33. The zero-order valence-electron chi connectivity index (χ0n) is 7.13. The third-order valence-corrected chi connectivity index (χ3v) is 2.02. The van der Waals surface area contributed by atoms with E-state index in [1.54, 1.807) is 10.6 Å². The minimum atomic E-state index is 0.376. The van der Waals surface area contributed by atoms with Crippen LogP contribution in [-0.2, 0) is 13.6 Å². The monoisotopic (exact) mass is 165 g/mol. The molecule has 2 N–H and O–H groups in total. The first-order valence-electron chi connectivity index (χ1n) is 3.63. The molecule has 1 heterocycles. The van der Waals surface area contributed by atoms with Gasteiger partial charge in [0.25, 0.3) is 0 Å². The first-order chi connectivity index (χ1) is 5.70. The van der Waals surface area contributed by atoms with E-state index in [4.69, 9.17) is 10.5 Å². The van der Waals surface area contributed by atoms with Gasteiger partial charge >= 0.3 is 0 Å². The summed E-state index contributed by atoms with van der Waals surface area (Å²) in [6.07, 6.45) is 0. The van der Waals surface area contributed by atoms with Crippen LogP contribution in [0.5, 0.6) is 0 Å². The summed E-state index contributed by atoms with van der Waals surface area (Å²) >= 11 is 0. The van der Waals surface area contributed by atoms with E-state index in [2.05, 4.69) is 11.5 Å².